The van der Waals surface area contributed by atoms with Crippen LogP contribution < -0.4 is 10.6 Å². The summed E-state index contributed by atoms with van der Waals surface area (Å²) in [5, 5.41) is 16.9. The van der Waals surface area contributed by atoms with E-state index >= 15 is 0 Å². The summed E-state index contributed by atoms with van der Waals surface area (Å²) in [5.74, 6) is 1.21. The molecule has 0 bridgehead atoms. The highest BCUT2D eigenvalue weighted by Crippen LogP contribution is 2.20. The van der Waals surface area contributed by atoms with Crippen LogP contribution >= 0.6 is 24.0 Å². The Kier molecular flexibility index (Phi) is 8.84. The molecule has 0 aliphatic rings. The Morgan fingerprint density at radius 3 is 2.54 bits per heavy atom. The fourth-order valence-corrected chi connectivity index (χ4v) is 2.21. The maximum atomic E-state index is 10.4. The molecule has 1 heterocycles. The molecule has 0 fully saturated rings. The monoisotopic (exact) mass is 443 g/mol. The molecule has 1 aromatic carbocycles. The van der Waals surface area contributed by atoms with Gasteiger partial charge in [0.15, 0.2) is 5.96 Å². The van der Waals surface area contributed by atoms with Crippen molar-refractivity contribution in [2.24, 2.45) is 4.99 Å². The third-order valence-electron chi connectivity index (χ3n) is 3.49. The van der Waals surface area contributed by atoms with Crippen LogP contribution in [-0.4, -0.2) is 30.7 Å². The van der Waals surface area contributed by atoms with E-state index in [9.17, 15) is 5.11 Å². The van der Waals surface area contributed by atoms with E-state index in [0.717, 1.165) is 19.5 Å². The van der Waals surface area contributed by atoms with E-state index in [-0.39, 0.29) is 30.5 Å². The van der Waals surface area contributed by atoms with Crippen LogP contribution in [0.1, 0.15) is 25.2 Å². The number of guanidine groups is 1. The average molecular weight is 443 g/mol. The number of halogens is 1. The molecule has 0 aliphatic heterocycles. The van der Waals surface area contributed by atoms with Gasteiger partial charge < -0.3 is 20.2 Å². The maximum Gasteiger partial charge on any atom is 0.191 e. The average Bonchev–Trinajstić information content (AvgIpc) is 3.09. The standard InChI is InChI=1S/C18H25N3O2.HI/c1-3-19-17(20-12-11-15-8-5-4-6-9-15)21-14-18(2,22)16-10-7-13-23-16;/h4-10,13,22H,3,11-12,14H2,1-2H3,(H2,19,20,21);1H. The molecule has 2 aromatic rings. The first-order valence-corrected chi connectivity index (χ1v) is 7.94. The van der Waals surface area contributed by atoms with Crippen molar-refractivity contribution in [1.82, 2.24) is 10.6 Å². The lowest BCUT2D eigenvalue weighted by Crippen LogP contribution is -2.39. The van der Waals surface area contributed by atoms with E-state index in [4.69, 9.17) is 4.42 Å². The van der Waals surface area contributed by atoms with E-state index in [1.54, 1.807) is 25.3 Å². The molecule has 3 N–H and O–H groups in total. The summed E-state index contributed by atoms with van der Waals surface area (Å²) >= 11 is 0. The van der Waals surface area contributed by atoms with Crippen molar-refractivity contribution in [2.75, 3.05) is 19.6 Å². The number of nitrogens with zero attached hydrogens (tertiary/aromatic N) is 1. The topological polar surface area (TPSA) is 69.8 Å². The fourth-order valence-electron chi connectivity index (χ4n) is 2.21. The molecule has 0 saturated heterocycles. The Morgan fingerprint density at radius 2 is 1.92 bits per heavy atom. The van der Waals surface area contributed by atoms with Crippen molar-refractivity contribution in [1.29, 1.82) is 0 Å². The lowest BCUT2D eigenvalue weighted by Gasteiger charge is -2.19. The molecule has 0 radical (unpaired) electrons. The zero-order chi connectivity index (χ0) is 16.5. The smallest absolute Gasteiger partial charge is 0.191 e. The fraction of sp³-hybridized carbons (Fsp3) is 0.389. The van der Waals surface area contributed by atoms with E-state index in [1.165, 1.54) is 5.56 Å². The molecule has 0 saturated carbocycles. The first-order valence-electron chi connectivity index (χ1n) is 7.94. The minimum Gasteiger partial charge on any atom is -0.466 e. The minimum absolute atomic E-state index is 0. The van der Waals surface area contributed by atoms with Crippen LogP contribution in [0.2, 0.25) is 0 Å². The van der Waals surface area contributed by atoms with Crippen LogP contribution in [0.3, 0.4) is 0 Å². The molecule has 0 aliphatic carbocycles. The van der Waals surface area contributed by atoms with Gasteiger partial charge in [0.25, 0.3) is 0 Å². The van der Waals surface area contributed by atoms with E-state index in [0.29, 0.717) is 11.7 Å². The Bertz CT molecular complexity index is 598. The van der Waals surface area contributed by atoms with Crippen LogP contribution in [0.5, 0.6) is 0 Å². The number of nitrogens with one attached hydrogen (secondary N) is 2. The van der Waals surface area contributed by atoms with Gasteiger partial charge >= 0.3 is 0 Å². The van der Waals surface area contributed by atoms with Gasteiger partial charge in [-0.25, -0.2) is 4.99 Å². The quantitative estimate of drug-likeness (QED) is 0.350. The van der Waals surface area contributed by atoms with Gasteiger partial charge in [0.05, 0.1) is 12.8 Å². The highest BCUT2D eigenvalue weighted by atomic mass is 127. The molecular formula is C18H26IN3O2. The van der Waals surface area contributed by atoms with Crippen LogP contribution in [0.25, 0.3) is 0 Å². The van der Waals surface area contributed by atoms with Gasteiger partial charge in [-0.15, -0.1) is 24.0 Å². The van der Waals surface area contributed by atoms with Crippen molar-refractivity contribution in [3.05, 3.63) is 60.1 Å². The first kappa shape index (κ1) is 20.5. The maximum absolute atomic E-state index is 10.4. The predicted molar refractivity (Wildman–Crippen MR) is 108 cm³/mol. The number of rotatable bonds is 7. The van der Waals surface area contributed by atoms with Crippen molar-refractivity contribution >= 4 is 29.9 Å². The summed E-state index contributed by atoms with van der Waals surface area (Å²) < 4.78 is 5.27. The van der Waals surface area contributed by atoms with Crippen LogP contribution in [0, 0.1) is 0 Å². The van der Waals surface area contributed by atoms with Crippen LogP contribution in [0.4, 0.5) is 0 Å². The largest absolute Gasteiger partial charge is 0.466 e. The van der Waals surface area contributed by atoms with E-state index < -0.39 is 5.60 Å². The summed E-state index contributed by atoms with van der Waals surface area (Å²) in [5.41, 5.74) is 0.157. The highest BCUT2D eigenvalue weighted by Gasteiger charge is 2.25. The molecule has 0 amide bonds. The van der Waals surface area contributed by atoms with Crippen molar-refractivity contribution in [3.8, 4) is 0 Å². The van der Waals surface area contributed by atoms with Gasteiger partial charge in [-0.2, -0.15) is 0 Å². The second kappa shape index (κ2) is 10.4. The molecule has 1 aromatic heterocycles. The Morgan fingerprint density at radius 1 is 1.17 bits per heavy atom. The summed E-state index contributed by atoms with van der Waals surface area (Å²) in [4.78, 5) is 4.46. The minimum atomic E-state index is -1.12. The molecule has 0 spiro atoms. The second-order valence-corrected chi connectivity index (χ2v) is 5.61. The SMILES string of the molecule is CCNC(=NCC(C)(O)c1ccco1)NCCc1ccccc1.I. The zero-order valence-corrected chi connectivity index (χ0v) is 16.5. The van der Waals surface area contributed by atoms with Gasteiger partial charge in [-0.3, -0.25) is 0 Å². The molecule has 5 nitrogen and oxygen atoms in total. The van der Waals surface area contributed by atoms with Crippen molar-refractivity contribution in [2.45, 2.75) is 25.9 Å². The first-order chi connectivity index (χ1) is 11.1. The molecule has 6 heteroatoms. The molecule has 132 valence electrons. The summed E-state index contributed by atoms with van der Waals surface area (Å²) in [6.45, 7) is 5.47. The molecular weight excluding hydrogens is 417 g/mol. The molecule has 1 unspecified atom stereocenters. The highest BCUT2D eigenvalue weighted by molar-refractivity contribution is 14.0. The third kappa shape index (κ3) is 6.52. The van der Waals surface area contributed by atoms with Gasteiger partial charge in [0.1, 0.15) is 11.4 Å². The number of furan rings is 1. The Hall–Kier alpha value is -1.54. The summed E-state index contributed by atoms with van der Waals surface area (Å²) in [7, 11) is 0. The van der Waals surface area contributed by atoms with Crippen LogP contribution in [-0.2, 0) is 12.0 Å². The second-order valence-electron chi connectivity index (χ2n) is 5.61. The number of hydrogen-bond acceptors (Lipinski definition) is 3. The Labute approximate surface area is 160 Å². The van der Waals surface area contributed by atoms with Gasteiger partial charge in [-0.1, -0.05) is 30.3 Å². The third-order valence-corrected chi connectivity index (χ3v) is 3.49. The number of benzene rings is 1. The summed E-state index contributed by atoms with van der Waals surface area (Å²) in [6.07, 6.45) is 2.47. The van der Waals surface area contributed by atoms with Gasteiger partial charge in [0.2, 0.25) is 0 Å². The predicted octanol–water partition coefficient (Wildman–Crippen LogP) is 2.90. The zero-order valence-electron chi connectivity index (χ0n) is 14.2. The lowest BCUT2D eigenvalue weighted by atomic mass is 10.0. The summed E-state index contributed by atoms with van der Waals surface area (Å²) in [6, 6.07) is 13.8. The van der Waals surface area contributed by atoms with E-state index in [2.05, 4.69) is 27.8 Å². The lowest BCUT2D eigenvalue weighted by molar-refractivity contribution is 0.0437. The van der Waals surface area contributed by atoms with Crippen molar-refractivity contribution in [3.63, 3.8) is 0 Å². The van der Waals surface area contributed by atoms with Gasteiger partial charge in [-0.05, 0) is 38.0 Å². The molecule has 24 heavy (non-hydrogen) atoms. The van der Waals surface area contributed by atoms with Crippen molar-refractivity contribution < 1.29 is 9.52 Å². The number of hydrogen-bond donors (Lipinski definition) is 3. The molecule has 2 rings (SSSR count). The number of aliphatic imine (C=N–C) groups is 1. The van der Waals surface area contributed by atoms with Crippen LogP contribution in [0.15, 0.2) is 58.1 Å². The van der Waals surface area contributed by atoms with E-state index in [1.807, 2.05) is 25.1 Å². The van der Waals surface area contributed by atoms with Gasteiger partial charge in [0, 0.05) is 13.1 Å². The number of aliphatic hydroxyl groups is 1. The normalized spacial score (nSPS) is 13.7. The Balaban J connectivity index is 0.00000288. The molecule has 1 atom stereocenters.